The molecule has 136 valence electrons. The molecule has 0 aliphatic rings. The van der Waals surface area contributed by atoms with Gasteiger partial charge in [-0.1, -0.05) is 35.9 Å². The molecule has 0 heterocycles. The molecule has 0 saturated heterocycles. The van der Waals surface area contributed by atoms with Crippen LogP contribution in [-0.2, 0) is 4.79 Å². The minimum Gasteiger partial charge on any atom is -0.484 e. The first kappa shape index (κ1) is 18.2. The molecule has 0 spiro atoms. The number of carbonyl (C=O) groups is 2. The first-order valence-corrected chi connectivity index (χ1v) is 8.56. The largest absolute Gasteiger partial charge is 0.484 e. The highest BCUT2D eigenvalue weighted by molar-refractivity contribution is 6.04. The second-order valence-electron chi connectivity index (χ2n) is 6.05. The number of benzene rings is 3. The van der Waals surface area contributed by atoms with Crippen molar-refractivity contribution in [1.29, 1.82) is 0 Å². The monoisotopic (exact) mass is 360 g/mol. The van der Waals surface area contributed by atoms with E-state index in [0.717, 1.165) is 11.3 Å². The van der Waals surface area contributed by atoms with E-state index in [1.165, 1.54) is 0 Å². The van der Waals surface area contributed by atoms with Crippen molar-refractivity contribution in [3.63, 3.8) is 0 Å². The van der Waals surface area contributed by atoms with Crippen LogP contribution in [0, 0.1) is 6.92 Å². The number of rotatable bonds is 6. The van der Waals surface area contributed by atoms with Gasteiger partial charge in [0.2, 0.25) is 0 Å². The third-order valence-electron chi connectivity index (χ3n) is 3.85. The highest BCUT2D eigenvalue weighted by atomic mass is 16.5. The van der Waals surface area contributed by atoms with Gasteiger partial charge >= 0.3 is 0 Å². The van der Waals surface area contributed by atoms with Crippen LogP contribution in [0.3, 0.4) is 0 Å². The number of anilines is 2. The zero-order valence-electron chi connectivity index (χ0n) is 14.9. The molecule has 0 unspecified atom stereocenters. The summed E-state index contributed by atoms with van der Waals surface area (Å²) in [5.74, 6) is 0.0692. The SMILES string of the molecule is Cc1ccc(NC(=O)c2ccc(OCC(=O)Nc3ccccc3)cc2)cc1. The lowest BCUT2D eigenvalue weighted by atomic mass is 10.2. The summed E-state index contributed by atoms with van der Waals surface area (Å²) in [5.41, 5.74) is 3.10. The van der Waals surface area contributed by atoms with E-state index in [1.54, 1.807) is 36.4 Å². The number of nitrogens with one attached hydrogen (secondary N) is 2. The molecule has 0 saturated carbocycles. The number of amides is 2. The van der Waals surface area contributed by atoms with E-state index >= 15 is 0 Å². The highest BCUT2D eigenvalue weighted by Gasteiger charge is 2.07. The van der Waals surface area contributed by atoms with Gasteiger partial charge in [-0.25, -0.2) is 0 Å². The van der Waals surface area contributed by atoms with Crippen LogP contribution in [0.25, 0.3) is 0 Å². The van der Waals surface area contributed by atoms with Crippen LogP contribution >= 0.6 is 0 Å². The van der Waals surface area contributed by atoms with Gasteiger partial charge in [-0.2, -0.15) is 0 Å². The number of hydrogen-bond acceptors (Lipinski definition) is 3. The standard InChI is InChI=1S/C22H20N2O3/c1-16-7-11-19(12-8-16)24-22(26)17-9-13-20(14-10-17)27-15-21(25)23-18-5-3-2-4-6-18/h2-14H,15H2,1H3,(H,23,25)(H,24,26). The quantitative estimate of drug-likeness (QED) is 0.690. The van der Waals surface area contributed by atoms with Crippen molar-refractivity contribution < 1.29 is 14.3 Å². The van der Waals surface area contributed by atoms with E-state index in [0.29, 0.717) is 17.0 Å². The predicted octanol–water partition coefficient (Wildman–Crippen LogP) is 4.26. The van der Waals surface area contributed by atoms with Crippen LogP contribution < -0.4 is 15.4 Å². The third kappa shape index (κ3) is 5.44. The minimum absolute atomic E-state index is 0.107. The summed E-state index contributed by atoms with van der Waals surface area (Å²) in [6.45, 7) is 1.88. The average molecular weight is 360 g/mol. The maximum Gasteiger partial charge on any atom is 0.262 e. The molecule has 0 aliphatic carbocycles. The van der Waals surface area contributed by atoms with Gasteiger partial charge in [0.1, 0.15) is 5.75 Å². The number of hydrogen-bond donors (Lipinski definition) is 2. The van der Waals surface area contributed by atoms with E-state index in [-0.39, 0.29) is 18.4 Å². The Bertz CT molecular complexity index is 905. The zero-order chi connectivity index (χ0) is 19.1. The molecule has 3 aromatic rings. The van der Waals surface area contributed by atoms with Crippen molar-refractivity contribution in [1.82, 2.24) is 0 Å². The lowest BCUT2D eigenvalue weighted by Gasteiger charge is -2.09. The Labute approximate surface area is 158 Å². The first-order chi connectivity index (χ1) is 13.1. The summed E-state index contributed by atoms with van der Waals surface area (Å²) in [5, 5.41) is 5.58. The van der Waals surface area contributed by atoms with E-state index in [1.807, 2.05) is 49.4 Å². The zero-order valence-corrected chi connectivity index (χ0v) is 14.9. The van der Waals surface area contributed by atoms with Gasteiger partial charge in [0.15, 0.2) is 6.61 Å². The van der Waals surface area contributed by atoms with Gasteiger partial charge < -0.3 is 15.4 Å². The fourth-order valence-electron chi connectivity index (χ4n) is 2.41. The maximum absolute atomic E-state index is 12.3. The Hall–Kier alpha value is -3.60. The van der Waals surface area contributed by atoms with Gasteiger partial charge in [0.05, 0.1) is 0 Å². The Kier molecular flexibility index (Phi) is 5.84. The second-order valence-corrected chi connectivity index (χ2v) is 6.05. The van der Waals surface area contributed by atoms with Gasteiger partial charge in [-0.05, 0) is 55.5 Å². The van der Waals surface area contributed by atoms with E-state index in [2.05, 4.69) is 10.6 Å². The molecular formula is C22H20N2O3. The Morgan fingerprint density at radius 3 is 2.07 bits per heavy atom. The molecule has 0 atom stereocenters. The van der Waals surface area contributed by atoms with Crippen LogP contribution in [0.5, 0.6) is 5.75 Å². The van der Waals surface area contributed by atoms with Crippen LogP contribution in [0.1, 0.15) is 15.9 Å². The van der Waals surface area contributed by atoms with Crippen molar-refractivity contribution in [2.45, 2.75) is 6.92 Å². The molecule has 5 nitrogen and oxygen atoms in total. The van der Waals surface area contributed by atoms with Crippen molar-refractivity contribution in [3.8, 4) is 5.75 Å². The highest BCUT2D eigenvalue weighted by Crippen LogP contribution is 2.15. The fourth-order valence-corrected chi connectivity index (χ4v) is 2.41. The molecule has 0 radical (unpaired) electrons. The lowest BCUT2D eigenvalue weighted by Crippen LogP contribution is -2.20. The summed E-state index contributed by atoms with van der Waals surface area (Å²) in [7, 11) is 0. The molecule has 0 aliphatic heterocycles. The van der Waals surface area contributed by atoms with Gasteiger partial charge in [-0.15, -0.1) is 0 Å². The summed E-state index contributed by atoms with van der Waals surface area (Å²) in [6, 6.07) is 23.4. The molecule has 3 rings (SSSR count). The van der Waals surface area contributed by atoms with Gasteiger partial charge in [-0.3, -0.25) is 9.59 Å². The Morgan fingerprint density at radius 1 is 0.778 bits per heavy atom. The molecule has 2 N–H and O–H groups in total. The molecule has 27 heavy (non-hydrogen) atoms. The molecule has 0 fully saturated rings. The third-order valence-corrected chi connectivity index (χ3v) is 3.85. The molecule has 0 aromatic heterocycles. The minimum atomic E-state index is -0.248. The van der Waals surface area contributed by atoms with Crippen molar-refractivity contribution in [2.75, 3.05) is 17.2 Å². The van der Waals surface area contributed by atoms with E-state index in [4.69, 9.17) is 4.74 Å². The van der Waals surface area contributed by atoms with Crippen molar-refractivity contribution >= 4 is 23.2 Å². The molecule has 2 amide bonds. The van der Waals surface area contributed by atoms with Crippen LogP contribution in [0.15, 0.2) is 78.9 Å². The molecular weight excluding hydrogens is 340 g/mol. The number of para-hydroxylation sites is 1. The number of ether oxygens (including phenoxy) is 1. The molecule has 0 bridgehead atoms. The van der Waals surface area contributed by atoms with Crippen LogP contribution in [0.2, 0.25) is 0 Å². The summed E-state index contributed by atoms with van der Waals surface area (Å²) >= 11 is 0. The summed E-state index contributed by atoms with van der Waals surface area (Å²) < 4.78 is 5.46. The normalized spacial score (nSPS) is 10.1. The average Bonchev–Trinajstić information content (AvgIpc) is 2.69. The van der Waals surface area contributed by atoms with Crippen LogP contribution in [-0.4, -0.2) is 18.4 Å². The van der Waals surface area contributed by atoms with E-state index in [9.17, 15) is 9.59 Å². The second kappa shape index (κ2) is 8.67. The van der Waals surface area contributed by atoms with Crippen LogP contribution in [0.4, 0.5) is 11.4 Å². The summed E-state index contributed by atoms with van der Waals surface area (Å²) in [4.78, 5) is 24.2. The number of carbonyl (C=O) groups excluding carboxylic acids is 2. The molecule has 3 aromatic carbocycles. The number of aryl methyl sites for hydroxylation is 1. The Balaban J connectivity index is 1.51. The maximum atomic E-state index is 12.3. The predicted molar refractivity (Wildman–Crippen MR) is 106 cm³/mol. The van der Waals surface area contributed by atoms with Gasteiger partial charge in [0.25, 0.3) is 11.8 Å². The van der Waals surface area contributed by atoms with E-state index < -0.39 is 0 Å². The first-order valence-electron chi connectivity index (χ1n) is 8.56. The molecule has 5 heteroatoms. The van der Waals surface area contributed by atoms with Crippen molar-refractivity contribution in [2.24, 2.45) is 0 Å². The summed E-state index contributed by atoms with van der Waals surface area (Å²) in [6.07, 6.45) is 0. The lowest BCUT2D eigenvalue weighted by molar-refractivity contribution is -0.118. The van der Waals surface area contributed by atoms with Gasteiger partial charge in [0, 0.05) is 16.9 Å². The van der Waals surface area contributed by atoms with Crippen molar-refractivity contribution in [3.05, 3.63) is 90.0 Å². The topological polar surface area (TPSA) is 67.4 Å². The smallest absolute Gasteiger partial charge is 0.262 e. The fraction of sp³-hybridized carbons (Fsp3) is 0.0909. The Morgan fingerprint density at radius 2 is 1.41 bits per heavy atom.